The van der Waals surface area contributed by atoms with Gasteiger partial charge in [-0.05, 0) is 42.0 Å². The van der Waals surface area contributed by atoms with E-state index in [4.69, 9.17) is 5.11 Å². The van der Waals surface area contributed by atoms with Gasteiger partial charge in [-0.3, -0.25) is 9.78 Å². The number of hydrogen-bond donors (Lipinski definition) is 2. The van der Waals surface area contributed by atoms with Gasteiger partial charge in [0.25, 0.3) is 5.91 Å². The third-order valence-corrected chi connectivity index (χ3v) is 4.47. The monoisotopic (exact) mass is 396 g/mol. The zero-order chi connectivity index (χ0) is 20.9. The van der Waals surface area contributed by atoms with Crippen molar-refractivity contribution in [2.75, 3.05) is 0 Å². The van der Waals surface area contributed by atoms with Crippen molar-refractivity contribution in [3.63, 3.8) is 0 Å². The Labute approximate surface area is 171 Å². The molecule has 7 heteroatoms. The van der Waals surface area contributed by atoms with Crippen LogP contribution in [-0.4, -0.2) is 33.2 Å². The van der Waals surface area contributed by atoms with E-state index in [-0.39, 0.29) is 11.5 Å². The molecule has 0 spiro atoms. The van der Waals surface area contributed by atoms with Crippen LogP contribution in [0.1, 0.15) is 26.3 Å². The SMILES string of the molecule is O=C(O)c1ccc(/C=N/NC(=O)c2cc(-c3ccncc3)nc3ccccc23)cc1. The number of rotatable bonds is 5. The molecule has 0 bridgehead atoms. The first-order valence-electron chi connectivity index (χ1n) is 9.09. The molecule has 0 saturated carbocycles. The highest BCUT2D eigenvalue weighted by Crippen LogP contribution is 2.24. The molecule has 2 aromatic heterocycles. The summed E-state index contributed by atoms with van der Waals surface area (Å²) in [6.45, 7) is 0. The molecule has 146 valence electrons. The quantitative estimate of drug-likeness (QED) is 0.395. The van der Waals surface area contributed by atoms with Gasteiger partial charge in [-0.2, -0.15) is 5.10 Å². The van der Waals surface area contributed by atoms with Crippen LogP contribution in [0.5, 0.6) is 0 Å². The van der Waals surface area contributed by atoms with Gasteiger partial charge in [-0.25, -0.2) is 15.2 Å². The lowest BCUT2D eigenvalue weighted by atomic mass is 10.0. The van der Waals surface area contributed by atoms with Gasteiger partial charge < -0.3 is 5.11 Å². The zero-order valence-corrected chi connectivity index (χ0v) is 15.7. The first-order valence-corrected chi connectivity index (χ1v) is 9.09. The van der Waals surface area contributed by atoms with Gasteiger partial charge >= 0.3 is 5.97 Å². The summed E-state index contributed by atoms with van der Waals surface area (Å²) in [7, 11) is 0. The maximum absolute atomic E-state index is 12.8. The molecule has 1 amide bonds. The lowest BCUT2D eigenvalue weighted by Gasteiger charge is -2.08. The molecule has 0 atom stereocenters. The number of amides is 1. The average Bonchev–Trinajstić information content (AvgIpc) is 2.79. The lowest BCUT2D eigenvalue weighted by molar-refractivity contribution is 0.0696. The number of hydrogen-bond acceptors (Lipinski definition) is 5. The van der Waals surface area contributed by atoms with Crippen LogP contribution in [0.15, 0.2) is 84.2 Å². The molecular weight excluding hydrogens is 380 g/mol. The minimum Gasteiger partial charge on any atom is -0.478 e. The van der Waals surface area contributed by atoms with Crippen LogP contribution in [0.2, 0.25) is 0 Å². The summed E-state index contributed by atoms with van der Waals surface area (Å²) in [4.78, 5) is 32.4. The van der Waals surface area contributed by atoms with E-state index < -0.39 is 5.97 Å². The summed E-state index contributed by atoms with van der Waals surface area (Å²) in [6.07, 6.45) is 4.80. The second-order valence-electron chi connectivity index (χ2n) is 6.43. The van der Waals surface area contributed by atoms with E-state index in [0.29, 0.717) is 27.7 Å². The van der Waals surface area contributed by atoms with Gasteiger partial charge in [0.1, 0.15) is 0 Å². The molecule has 2 aromatic carbocycles. The van der Waals surface area contributed by atoms with Crippen LogP contribution in [0.4, 0.5) is 0 Å². The number of benzene rings is 2. The molecule has 0 aliphatic carbocycles. The number of pyridine rings is 2. The van der Waals surface area contributed by atoms with E-state index >= 15 is 0 Å². The van der Waals surface area contributed by atoms with E-state index in [1.807, 2.05) is 36.4 Å². The summed E-state index contributed by atoms with van der Waals surface area (Å²) < 4.78 is 0. The maximum Gasteiger partial charge on any atom is 0.335 e. The molecule has 0 fully saturated rings. The number of nitrogens with one attached hydrogen (secondary N) is 1. The van der Waals surface area contributed by atoms with Crippen LogP contribution in [0, 0.1) is 0 Å². The molecule has 0 saturated heterocycles. The van der Waals surface area contributed by atoms with Crippen molar-refractivity contribution in [1.29, 1.82) is 0 Å². The smallest absolute Gasteiger partial charge is 0.335 e. The Morgan fingerprint density at radius 2 is 1.70 bits per heavy atom. The molecule has 0 radical (unpaired) electrons. The van der Waals surface area contributed by atoms with E-state index in [0.717, 1.165) is 5.56 Å². The Morgan fingerprint density at radius 3 is 2.43 bits per heavy atom. The minimum absolute atomic E-state index is 0.183. The van der Waals surface area contributed by atoms with Crippen LogP contribution in [0.3, 0.4) is 0 Å². The number of aromatic carboxylic acids is 1. The second kappa shape index (κ2) is 8.32. The molecule has 2 N–H and O–H groups in total. The number of carbonyl (C=O) groups excluding carboxylic acids is 1. The van der Waals surface area contributed by atoms with Crippen molar-refractivity contribution in [3.05, 3.63) is 95.8 Å². The predicted molar refractivity (Wildman–Crippen MR) is 113 cm³/mol. The normalized spacial score (nSPS) is 10.9. The van der Waals surface area contributed by atoms with Crippen molar-refractivity contribution >= 4 is 29.0 Å². The van der Waals surface area contributed by atoms with Gasteiger partial charge in [0, 0.05) is 23.3 Å². The summed E-state index contributed by atoms with van der Waals surface area (Å²) in [6, 6.07) is 19.0. The van der Waals surface area contributed by atoms with E-state index in [1.165, 1.54) is 18.3 Å². The molecule has 4 aromatic rings. The first kappa shape index (κ1) is 18.9. The van der Waals surface area contributed by atoms with Gasteiger partial charge in [0.05, 0.1) is 28.6 Å². The zero-order valence-electron chi connectivity index (χ0n) is 15.7. The predicted octanol–water partition coefficient (Wildman–Crippen LogP) is 3.76. The van der Waals surface area contributed by atoms with Crippen LogP contribution in [0.25, 0.3) is 22.2 Å². The van der Waals surface area contributed by atoms with Crippen molar-refractivity contribution in [1.82, 2.24) is 15.4 Å². The maximum atomic E-state index is 12.8. The summed E-state index contributed by atoms with van der Waals surface area (Å²) in [5.41, 5.74) is 6.04. The fraction of sp³-hybridized carbons (Fsp3) is 0. The fourth-order valence-corrected chi connectivity index (χ4v) is 2.97. The largest absolute Gasteiger partial charge is 0.478 e. The number of hydrazone groups is 1. The highest BCUT2D eigenvalue weighted by Gasteiger charge is 2.13. The van der Waals surface area contributed by atoms with Crippen molar-refractivity contribution in [2.45, 2.75) is 0 Å². The number of para-hydroxylation sites is 1. The number of carbonyl (C=O) groups is 2. The molecule has 0 aliphatic heterocycles. The number of fused-ring (bicyclic) bond motifs is 1. The molecule has 2 heterocycles. The van der Waals surface area contributed by atoms with E-state index in [2.05, 4.69) is 20.5 Å². The first-order chi connectivity index (χ1) is 14.6. The molecule has 4 rings (SSSR count). The number of carboxylic acid groups (broad SMARTS) is 1. The van der Waals surface area contributed by atoms with Crippen molar-refractivity contribution in [3.8, 4) is 11.3 Å². The van der Waals surface area contributed by atoms with Crippen molar-refractivity contribution in [2.24, 2.45) is 5.10 Å². The molecule has 7 nitrogen and oxygen atoms in total. The van der Waals surface area contributed by atoms with Crippen molar-refractivity contribution < 1.29 is 14.7 Å². The standard InChI is InChI=1S/C23H16N4O3/c28-22(27-25-14-15-5-7-17(8-6-15)23(29)30)19-13-21(16-9-11-24-12-10-16)26-20-4-2-1-3-18(19)20/h1-14H,(H,27,28)(H,29,30)/b25-14+. The fourth-order valence-electron chi connectivity index (χ4n) is 2.97. The minimum atomic E-state index is -0.999. The topological polar surface area (TPSA) is 105 Å². The second-order valence-corrected chi connectivity index (χ2v) is 6.43. The molecule has 30 heavy (non-hydrogen) atoms. The Morgan fingerprint density at radius 1 is 0.967 bits per heavy atom. The summed E-state index contributed by atoms with van der Waals surface area (Å²) in [5, 5.41) is 13.7. The van der Waals surface area contributed by atoms with Gasteiger partial charge in [0.2, 0.25) is 0 Å². The average molecular weight is 396 g/mol. The molecule has 0 unspecified atom stereocenters. The Balaban J connectivity index is 1.61. The highest BCUT2D eigenvalue weighted by molar-refractivity contribution is 6.07. The number of aromatic nitrogens is 2. The third kappa shape index (κ3) is 4.05. The van der Waals surface area contributed by atoms with E-state index in [1.54, 1.807) is 30.6 Å². The van der Waals surface area contributed by atoms with Gasteiger partial charge in [-0.1, -0.05) is 30.3 Å². The number of nitrogens with zero attached hydrogens (tertiary/aromatic N) is 3. The Hall–Kier alpha value is -4.39. The summed E-state index contributed by atoms with van der Waals surface area (Å²) >= 11 is 0. The third-order valence-electron chi connectivity index (χ3n) is 4.47. The van der Waals surface area contributed by atoms with Crippen LogP contribution >= 0.6 is 0 Å². The highest BCUT2D eigenvalue weighted by atomic mass is 16.4. The van der Waals surface area contributed by atoms with E-state index in [9.17, 15) is 9.59 Å². The Kier molecular flexibility index (Phi) is 5.25. The summed E-state index contributed by atoms with van der Waals surface area (Å²) in [5.74, 6) is -1.37. The lowest BCUT2D eigenvalue weighted by Crippen LogP contribution is -2.18. The molecular formula is C23H16N4O3. The Bertz CT molecular complexity index is 1250. The number of carboxylic acids is 1. The van der Waals surface area contributed by atoms with Gasteiger partial charge in [0.15, 0.2) is 0 Å². The van der Waals surface area contributed by atoms with Crippen LogP contribution < -0.4 is 5.43 Å². The van der Waals surface area contributed by atoms with Crippen LogP contribution in [-0.2, 0) is 0 Å². The molecule has 0 aliphatic rings. The van der Waals surface area contributed by atoms with Gasteiger partial charge in [-0.15, -0.1) is 0 Å².